The number of alkyl carbamates (subject to hydrolysis) is 1. The lowest BCUT2D eigenvalue weighted by Crippen LogP contribution is -2.57. The fourth-order valence-electron chi connectivity index (χ4n) is 5.99. The number of amides is 1. The van der Waals surface area contributed by atoms with Crippen molar-refractivity contribution < 1.29 is 18.7 Å². The number of aromatic nitrogens is 1. The van der Waals surface area contributed by atoms with Crippen LogP contribution in [0.15, 0.2) is 18.0 Å². The van der Waals surface area contributed by atoms with Crippen LogP contribution in [0.2, 0.25) is 0 Å². The number of nitrogens with zero attached hydrogens (tertiary/aromatic N) is 1. The van der Waals surface area contributed by atoms with Gasteiger partial charge < -0.3 is 14.8 Å². The Balaban J connectivity index is 1.49. The second-order valence-electron chi connectivity index (χ2n) is 11.5. The average Bonchev–Trinajstić information content (AvgIpc) is 2.77. The largest absolute Gasteiger partial charge is 0.501 e. The molecular formula is C28H39FN2O3. The van der Waals surface area contributed by atoms with E-state index in [1.807, 2.05) is 32.9 Å². The molecule has 6 heteroatoms. The predicted octanol–water partition coefficient (Wildman–Crippen LogP) is 5.05. The van der Waals surface area contributed by atoms with Crippen LogP contribution >= 0.6 is 0 Å². The number of pyridine rings is 1. The van der Waals surface area contributed by atoms with E-state index in [2.05, 4.69) is 17.2 Å². The van der Waals surface area contributed by atoms with Crippen molar-refractivity contribution in [2.75, 3.05) is 7.11 Å². The Bertz CT molecular complexity index is 1080. The minimum absolute atomic E-state index is 0.147. The number of nitrogens with one attached hydrogen (secondary N) is 1. The zero-order chi connectivity index (χ0) is 24.6. The summed E-state index contributed by atoms with van der Waals surface area (Å²) in [7, 11) is 1.69. The van der Waals surface area contributed by atoms with Gasteiger partial charge in [-0.2, -0.15) is 0 Å². The maximum absolute atomic E-state index is 15.1. The summed E-state index contributed by atoms with van der Waals surface area (Å²) in [6.07, 6.45) is 14.4. The van der Waals surface area contributed by atoms with Gasteiger partial charge in [-0.3, -0.25) is 4.98 Å². The van der Waals surface area contributed by atoms with Crippen LogP contribution in [0, 0.1) is 11.2 Å². The summed E-state index contributed by atoms with van der Waals surface area (Å²) in [5, 5.41) is 5.00. The molecule has 1 aromatic rings. The fourth-order valence-corrected chi connectivity index (χ4v) is 5.99. The molecule has 0 saturated heterocycles. The van der Waals surface area contributed by atoms with Crippen molar-refractivity contribution in [3.63, 3.8) is 0 Å². The van der Waals surface area contributed by atoms with E-state index in [4.69, 9.17) is 9.47 Å². The van der Waals surface area contributed by atoms with Crippen LogP contribution < -0.4 is 15.9 Å². The van der Waals surface area contributed by atoms with Crippen LogP contribution in [-0.2, 0) is 15.9 Å². The Kier molecular flexibility index (Phi) is 6.80. The highest BCUT2D eigenvalue weighted by molar-refractivity contribution is 5.69. The third-order valence-electron chi connectivity index (χ3n) is 8.10. The second kappa shape index (κ2) is 9.35. The van der Waals surface area contributed by atoms with E-state index in [9.17, 15) is 4.79 Å². The van der Waals surface area contributed by atoms with Crippen molar-refractivity contribution in [3.8, 4) is 0 Å². The smallest absolute Gasteiger partial charge is 0.408 e. The summed E-state index contributed by atoms with van der Waals surface area (Å²) in [6.45, 7) is 7.76. The van der Waals surface area contributed by atoms with Gasteiger partial charge in [-0.25, -0.2) is 9.18 Å². The number of halogens is 1. The van der Waals surface area contributed by atoms with Gasteiger partial charge in [0.25, 0.3) is 0 Å². The molecule has 2 bridgehead atoms. The van der Waals surface area contributed by atoms with Crippen molar-refractivity contribution in [1.82, 2.24) is 10.3 Å². The molecule has 5 rings (SSSR count). The summed E-state index contributed by atoms with van der Waals surface area (Å²) in [4.78, 5) is 16.8. The third-order valence-corrected chi connectivity index (χ3v) is 8.10. The molecule has 0 atom stereocenters. The molecule has 1 amide bonds. The van der Waals surface area contributed by atoms with Gasteiger partial charge in [0.05, 0.1) is 24.4 Å². The number of hydrogen-bond donors (Lipinski definition) is 1. The highest BCUT2D eigenvalue weighted by atomic mass is 19.1. The van der Waals surface area contributed by atoms with Crippen molar-refractivity contribution >= 4 is 17.7 Å². The van der Waals surface area contributed by atoms with Crippen LogP contribution in [0.25, 0.3) is 11.6 Å². The number of hydrogen-bond acceptors (Lipinski definition) is 4. The van der Waals surface area contributed by atoms with Crippen LogP contribution in [-0.4, -0.2) is 29.3 Å². The quantitative estimate of drug-likeness (QED) is 0.655. The maximum atomic E-state index is 15.1. The summed E-state index contributed by atoms with van der Waals surface area (Å²) < 4.78 is 26.0. The molecular weight excluding hydrogens is 431 g/mol. The van der Waals surface area contributed by atoms with Crippen molar-refractivity contribution in [1.29, 1.82) is 0 Å². The van der Waals surface area contributed by atoms with Gasteiger partial charge in [-0.1, -0.05) is 5.57 Å². The normalized spacial score (nSPS) is 26.5. The van der Waals surface area contributed by atoms with Crippen molar-refractivity contribution in [3.05, 3.63) is 40.0 Å². The molecule has 186 valence electrons. The van der Waals surface area contributed by atoms with Crippen LogP contribution in [0.5, 0.6) is 0 Å². The molecule has 0 aliphatic heterocycles. The lowest BCUT2D eigenvalue weighted by atomic mass is 9.55. The van der Waals surface area contributed by atoms with Gasteiger partial charge in [0.15, 0.2) is 0 Å². The lowest BCUT2D eigenvalue weighted by molar-refractivity contribution is 0.000808. The van der Waals surface area contributed by atoms with E-state index in [0.29, 0.717) is 0 Å². The first-order valence-electron chi connectivity index (χ1n) is 12.6. The first-order chi connectivity index (χ1) is 16.0. The number of rotatable bonds is 5. The molecule has 0 aromatic carbocycles. The average molecular weight is 471 g/mol. The lowest BCUT2D eigenvalue weighted by Gasteiger charge is -2.53. The van der Waals surface area contributed by atoms with E-state index >= 15 is 4.39 Å². The van der Waals surface area contributed by atoms with E-state index < -0.39 is 5.60 Å². The maximum Gasteiger partial charge on any atom is 0.408 e. The number of carbonyl (C=O) groups excluding carboxylic acids is 1. The molecule has 3 fully saturated rings. The second-order valence-corrected chi connectivity index (χ2v) is 11.5. The molecule has 4 aliphatic rings. The summed E-state index contributed by atoms with van der Waals surface area (Å²) in [5.74, 6) is 0.719. The fraction of sp³-hybridized carbons (Fsp3) is 0.643. The van der Waals surface area contributed by atoms with Crippen LogP contribution in [0.3, 0.4) is 0 Å². The molecule has 1 N–H and O–H groups in total. The van der Waals surface area contributed by atoms with Gasteiger partial charge >= 0.3 is 6.09 Å². The molecule has 4 aliphatic carbocycles. The molecule has 5 nitrogen and oxygen atoms in total. The summed E-state index contributed by atoms with van der Waals surface area (Å²) >= 11 is 0. The number of allylic oxidation sites excluding steroid dienone is 2. The number of methoxy groups -OCH3 is 1. The Morgan fingerprint density at radius 3 is 2.41 bits per heavy atom. The van der Waals surface area contributed by atoms with Crippen LogP contribution in [0.4, 0.5) is 9.18 Å². The van der Waals surface area contributed by atoms with E-state index in [0.717, 1.165) is 86.1 Å². The van der Waals surface area contributed by atoms with Gasteiger partial charge in [0.2, 0.25) is 0 Å². The number of ether oxygens (including phenoxy) is 2. The predicted molar refractivity (Wildman–Crippen MR) is 132 cm³/mol. The highest BCUT2D eigenvalue weighted by Crippen LogP contribution is 2.54. The van der Waals surface area contributed by atoms with Crippen molar-refractivity contribution in [2.24, 2.45) is 5.41 Å². The van der Waals surface area contributed by atoms with Crippen LogP contribution in [0.1, 0.15) is 91.0 Å². The Hall–Kier alpha value is -2.37. The molecule has 1 heterocycles. The molecule has 0 spiro atoms. The molecule has 34 heavy (non-hydrogen) atoms. The summed E-state index contributed by atoms with van der Waals surface area (Å²) in [5.41, 5.74) is 1.55. The highest BCUT2D eigenvalue weighted by Gasteiger charge is 2.49. The van der Waals surface area contributed by atoms with E-state index in [1.54, 1.807) is 7.11 Å². The minimum Gasteiger partial charge on any atom is -0.501 e. The molecule has 0 radical (unpaired) electrons. The summed E-state index contributed by atoms with van der Waals surface area (Å²) in [6, 6.07) is 0. The number of carbonyl (C=O) groups is 1. The van der Waals surface area contributed by atoms with Gasteiger partial charge in [-0.05, 0) is 109 Å². The molecule has 1 aromatic heterocycles. The topological polar surface area (TPSA) is 60.5 Å². The molecule has 3 saturated carbocycles. The van der Waals surface area contributed by atoms with E-state index in [-0.39, 0.29) is 22.9 Å². The monoisotopic (exact) mass is 470 g/mol. The SMILES string of the molecule is COC1=CC=c2ncc(F)c(CCC34CCC(NC(=O)OC(C)(C)C)(CC3)CC4)c2=C(C)CC1. The molecule has 0 unspecified atom stereocenters. The Labute approximate surface area is 202 Å². The Morgan fingerprint density at radius 1 is 1.12 bits per heavy atom. The number of fused-ring (bicyclic) bond motifs is 4. The van der Waals surface area contributed by atoms with E-state index in [1.165, 1.54) is 11.8 Å². The third kappa shape index (κ3) is 5.31. The minimum atomic E-state index is -0.493. The van der Waals surface area contributed by atoms with Gasteiger partial charge in [0, 0.05) is 17.2 Å². The Morgan fingerprint density at radius 2 is 1.79 bits per heavy atom. The van der Waals surface area contributed by atoms with Crippen molar-refractivity contribution in [2.45, 2.75) is 103 Å². The standard InChI is InChI=1S/C28H39FN2O3/c1-19-6-7-20(33-5)8-9-23-24(19)21(22(29)18-30-23)10-11-27-12-15-28(16-13-27,17-14-27)31-25(32)34-26(2,3)4/h8-9,18H,6-7,10-17H2,1-5H3,(H,31,32). The first-order valence-corrected chi connectivity index (χ1v) is 12.6. The zero-order valence-corrected chi connectivity index (χ0v) is 21.4. The van der Waals surface area contributed by atoms with Gasteiger partial charge in [0.1, 0.15) is 11.4 Å². The first kappa shape index (κ1) is 24.7. The van der Waals surface area contributed by atoms with Gasteiger partial charge in [-0.15, -0.1) is 0 Å². The zero-order valence-electron chi connectivity index (χ0n) is 21.4.